The molecule has 1 amide bonds. The van der Waals surface area contributed by atoms with Crippen LogP contribution in [0.2, 0.25) is 0 Å². The minimum absolute atomic E-state index is 0.118. The van der Waals surface area contributed by atoms with Crippen molar-refractivity contribution >= 4 is 22.4 Å². The summed E-state index contributed by atoms with van der Waals surface area (Å²) in [5.41, 5.74) is 1.06. The van der Waals surface area contributed by atoms with Gasteiger partial charge in [0.15, 0.2) is 5.13 Å². The topological polar surface area (TPSA) is 57.7 Å². The van der Waals surface area contributed by atoms with E-state index >= 15 is 0 Å². The van der Waals surface area contributed by atoms with Gasteiger partial charge >= 0.3 is 0 Å². The van der Waals surface area contributed by atoms with Crippen LogP contribution in [0.25, 0.3) is 0 Å². The molecular weight excluding hydrogens is 276 g/mol. The highest BCUT2D eigenvalue weighted by Crippen LogP contribution is 2.21. The first-order valence-corrected chi connectivity index (χ1v) is 7.90. The van der Waals surface area contributed by atoms with Crippen LogP contribution in [0.1, 0.15) is 5.69 Å². The van der Waals surface area contributed by atoms with E-state index in [1.807, 2.05) is 11.8 Å². The maximum atomic E-state index is 12.3. The molecule has 2 fully saturated rings. The molecule has 2 aliphatic rings. The van der Waals surface area contributed by atoms with Gasteiger partial charge in [0, 0.05) is 44.6 Å². The number of rotatable bonds is 2. The zero-order chi connectivity index (χ0) is 13.9. The molecule has 0 aliphatic carbocycles. The summed E-state index contributed by atoms with van der Waals surface area (Å²) in [6.07, 6.45) is -0.308. The van der Waals surface area contributed by atoms with Crippen LogP contribution in [0.3, 0.4) is 0 Å². The predicted molar refractivity (Wildman–Crippen MR) is 78.3 cm³/mol. The third-order valence-corrected chi connectivity index (χ3v) is 4.69. The SMILES string of the molecule is Cc1csc(N2CCN(C(=O)C3CNCCO3)CC2)n1. The minimum Gasteiger partial charge on any atom is -0.366 e. The Morgan fingerprint density at radius 1 is 1.45 bits per heavy atom. The minimum atomic E-state index is -0.308. The highest BCUT2D eigenvalue weighted by Gasteiger charge is 2.29. The number of anilines is 1. The molecule has 0 bridgehead atoms. The lowest BCUT2D eigenvalue weighted by Crippen LogP contribution is -2.55. The summed E-state index contributed by atoms with van der Waals surface area (Å²) in [5, 5.41) is 6.33. The number of hydrogen-bond donors (Lipinski definition) is 1. The molecule has 110 valence electrons. The van der Waals surface area contributed by atoms with Crippen LogP contribution in [0.15, 0.2) is 5.38 Å². The zero-order valence-corrected chi connectivity index (χ0v) is 12.5. The Kier molecular flexibility index (Phi) is 4.18. The van der Waals surface area contributed by atoms with E-state index in [0.29, 0.717) is 13.2 Å². The normalized spacial score (nSPS) is 23.9. The van der Waals surface area contributed by atoms with Crippen LogP contribution in [0.5, 0.6) is 0 Å². The molecule has 20 heavy (non-hydrogen) atoms. The molecular formula is C13H20N4O2S. The highest BCUT2D eigenvalue weighted by atomic mass is 32.1. The van der Waals surface area contributed by atoms with Gasteiger partial charge in [-0.25, -0.2) is 4.98 Å². The van der Waals surface area contributed by atoms with E-state index in [-0.39, 0.29) is 12.0 Å². The summed E-state index contributed by atoms with van der Waals surface area (Å²) in [6, 6.07) is 0. The number of aromatic nitrogens is 1. The standard InChI is InChI=1S/C13H20N4O2S/c1-10-9-20-13(15-10)17-5-3-16(4-6-17)12(18)11-8-14-2-7-19-11/h9,11,14H,2-8H2,1H3. The maximum Gasteiger partial charge on any atom is 0.253 e. The van der Waals surface area contributed by atoms with E-state index in [2.05, 4.69) is 20.6 Å². The second-order valence-electron chi connectivity index (χ2n) is 5.15. The molecule has 1 unspecified atom stereocenters. The zero-order valence-electron chi connectivity index (χ0n) is 11.7. The van der Waals surface area contributed by atoms with Gasteiger partial charge in [-0.2, -0.15) is 0 Å². The summed E-state index contributed by atoms with van der Waals surface area (Å²) < 4.78 is 5.53. The number of morpholine rings is 1. The molecule has 3 rings (SSSR count). The fourth-order valence-corrected chi connectivity index (χ4v) is 3.39. The third kappa shape index (κ3) is 2.94. The van der Waals surface area contributed by atoms with Crippen LogP contribution < -0.4 is 10.2 Å². The van der Waals surface area contributed by atoms with Gasteiger partial charge < -0.3 is 19.9 Å². The number of nitrogens with zero attached hydrogens (tertiary/aromatic N) is 3. The summed E-state index contributed by atoms with van der Waals surface area (Å²) in [4.78, 5) is 21.0. The molecule has 3 heterocycles. The molecule has 2 saturated heterocycles. The Morgan fingerprint density at radius 3 is 2.85 bits per heavy atom. The molecule has 1 aromatic rings. The van der Waals surface area contributed by atoms with Crippen molar-refractivity contribution in [2.75, 3.05) is 50.8 Å². The number of nitrogens with one attached hydrogen (secondary N) is 1. The van der Waals surface area contributed by atoms with Crippen LogP contribution in [0, 0.1) is 6.92 Å². The van der Waals surface area contributed by atoms with E-state index < -0.39 is 0 Å². The fraction of sp³-hybridized carbons (Fsp3) is 0.692. The van der Waals surface area contributed by atoms with Gasteiger partial charge in [-0.3, -0.25) is 4.79 Å². The molecule has 7 heteroatoms. The van der Waals surface area contributed by atoms with Gasteiger partial charge in [-0.1, -0.05) is 0 Å². The molecule has 2 aliphatic heterocycles. The second-order valence-corrected chi connectivity index (χ2v) is 5.98. The predicted octanol–water partition coefficient (Wildman–Crippen LogP) is 0.0885. The quantitative estimate of drug-likeness (QED) is 0.838. The summed E-state index contributed by atoms with van der Waals surface area (Å²) >= 11 is 1.67. The number of carbonyl (C=O) groups is 1. The van der Waals surface area contributed by atoms with Gasteiger partial charge in [-0.05, 0) is 6.92 Å². The number of aryl methyl sites for hydroxylation is 1. The monoisotopic (exact) mass is 296 g/mol. The highest BCUT2D eigenvalue weighted by molar-refractivity contribution is 7.13. The van der Waals surface area contributed by atoms with Crippen molar-refractivity contribution in [3.05, 3.63) is 11.1 Å². The molecule has 0 saturated carbocycles. The van der Waals surface area contributed by atoms with Crippen LogP contribution in [-0.4, -0.2) is 67.8 Å². The third-order valence-electron chi connectivity index (χ3n) is 3.67. The molecule has 0 radical (unpaired) electrons. The smallest absolute Gasteiger partial charge is 0.253 e. The summed E-state index contributed by atoms with van der Waals surface area (Å²) in [5.74, 6) is 0.118. The lowest BCUT2D eigenvalue weighted by atomic mass is 10.2. The molecule has 0 aromatic carbocycles. The molecule has 1 atom stereocenters. The molecule has 6 nitrogen and oxygen atoms in total. The lowest BCUT2D eigenvalue weighted by molar-refractivity contribution is -0.145. The Labute approximate surface area is 122 Å². The summed E-state index contributed by atoms with van der Waals surface area (Å²) in [7, 11) is 0. The van der Waals surface area contributed by atoms with Gasteiger partial charge in [0.25, 0.3) is 5.91 Å². The van der Waals surface area contributed by atoms with Crippen molar-refractivity contribution in [1.82, 2.24) is 15.2 Å². The van der Waals surface area contributed by atoms with Crippen molar-refractivity contribution < 1.29 is 9.53 Å². The number of thiazole rings is 1. The lowest BCUT2D eigenvalue weighted by Gasteiger charge is -2.37. The average molecular weight is 296 g/mol. The van der Waals surface area contributed by atoms with Crippen molar-refractivity contribution in [2.24, 2.45) is 0 Å². The Bertz CT molecular complexity index is 465. The first kappa shape index (κ1) is 13.8. The van der Waals surface area contributed by atoms with E-state index in [4.69, 9.17) is 4.74 Å². The maximum absolute atomic E-state index is 12.3. The number of hydrogen-bond acceptors (Lipinski definition) is 6. The van der Waals surface area contributed by atoms with Crippen LogP contribution in [-0.2, 0) is 9.53 Å². The second kappa shape index (κ2) is 6.07. The van der Waals surface area contributed by atoms with Crippen LogP contribution in [0.4, 0.5) is 5.13 Å². The first-order valence-electron chi connectivity index (χ1n) is 7.02. The van der Waals surface area contributed by atoms with E-state index in [0.717, 1.165) is 43.5 Å². The van der Waals surface area contributed by atoms with Crippen molar-refractivity contribution in [3.8, 4) is 0 Å². The Balaban J connectivity index is 1.54. The largest absolute Gasteiger partial charge is 0.366 e. The number of carbonyl (C=O) groups excluding carboxylic acids is 1. The number of piperazine rings is 1. The number of ether oxygens (including phenoxy) is 1. The van der Waals surface area contributed by atoms with E-state index in [9.17, 15) is 4.79 Å². The van der Waals surface area contributed by atoms with Crippen molar-refractivity contribution in [1.29, 1.82) is 0 Å². The van der Waals surface area contributed by atoms with Gasteiger partial charge in [0.2, 0.25) is 0 Å². The van der Waals surface area contributed by atoms with Crippen molar-refractivity contribution in [3.63, 3.8) is 0 Å². The van der Waals surface area contributed by atoms with E-state index in [1.54, 1.807) is 11.3 Å². The molecule has 1 aromatic heterocycles. The van der Waals surface area contributed by atoms with Gasteiger partial charge in [-0.15, -0.1) is 11.3 Å². The van der Waals surface area contributed by atoms with Crippen LogP contribution >= 0.6 is 11.3 Å². The first-order chi connectivity index (χ1) is 9.74. The molecule has 1 N–H and O–H groups in total. The van der Waals surface area contributed by atoms with Gasteiger partial charge in [0.1, 0.15) is 6.10 Å². The van der Waals surface area contributed by atoms with Gasteiger partial charge in [0.05, 0.1) is 12.3 Å². The fourth-order valence-electron chi connectivity index (χ4n) is 2.53. The average Bonchev–Trinajstić information content (AvgIpc) is 2.94. The molecule has 0 spiro atoms. The van der Waals surface area contributed by atoms with E-state index in [1.165, 1.54) is 0 Å². The Hall–Kier alpha value is -1.18. The Morgan fingerprint density at radius 2 is 2.25 bits per heavy atom. The number of amides is 1. The summed E-state index contributed by atoms with van der Waals surface area (Å²) in [6.45, 7) is 7.28. The van der Waals surface area contributed by atoms with Crippen molar-refractivity contribution in [2.45, 2.75) is 13.0 Å².